The first kappa shape index (κ1) is 12.3. The lowest BCUT2D eigenvalue weighted by atomic mass is 10.2. The van der Waals surface area contributed by atoms with Crippen LogP contribution in [-0.4, -0.2) is 17.4 Å². The van der Waals surface area contributed by atoms with Crippen molar-refractivity contribution in [3.63, 3.8) is 0 Å². The number of hydrogen-bond donors (Lipinski definition) is 2. The maximum atomic E-state index is 10.5. The lowest BCUT2D eigenvalue weighted by molar-refractivity contribution is -0.384. The number of rotatable bonds is 5. The van der Waals surface area contributed by atoms with Crippen molar-refractivity contribution >= 4 is 28.9 Å². The molecule has 0 saturated carbocycles. The number of non-ortho nitro benzene ring substituents is 1. The van der Waals surface area contributed by atoms with Gasteiger partial charge in [-0.25, -0.2) is 0 Å². The number of nitrogens with one attached hydrogen (secondary N) is 1. The summed E-state index contributed by atoms with van der Waals surface area (Å²) in [5.74, 6) is -0.425. The van der Waals surface area contributed by atoms with Gasteiger partial charge in [0.2, 0.25) is 5.91 Å². The Balaban J connectivity index is 2.68. The van der Waals surface area contributed by atoms with Gasteiger partial charge in [0, 0.05) is 25.1 Å². The third-order valence-corrected chi connectivity index (χ3v) is 2.16. The standard InChI is InChI=1S/C9H10ClN3O3/c10-7-5-6(13(15)16)1-2-8(7)12-4-3-9(11)14/h1-2,5,12H,3-4H2,(H2,11,14). The number of carbonyl (C=O) groups is 1. The van der Waals surface area contributed by atoms with Crippen LogP contribution >= 0.6 is 11.6 Å². The molecule has 0 aliphatic rings. The highest BCUT2D eigenvalue weighted by molar-refractivity contribution is 6.33. The summed E-state index contributed by atoms with van der Waals surface area (Å²) in [5.41, 5.74) is 5.41. The van der Waals surface area contributed by atoms with Gasteiger partial charge in [-0.1, -0.05) is 11.6 Å². The average molecular weight is 244 g/mol. The Morgan fingerprint density at radius 2 is 2.25 bits per heavy atom. The molecular formula is C9H10ClN3O3. The van der Waals surface area contributed by atoms with Crippen LogP contribution in [0.3, 0.4) is 0 Å². The summed E-state index contributed by atoms with van der Waals surface area (Å²) in [6.07, 6.45) is 0.174. The molecule has 6 nitrogen and oxygen atoms in total. The molecule has 7 heteroatoms. The Labute approximate surface area is 96.5 Å². The quantitative estimate of drug-likeness (QED) is 0.605. The molecule has 86 valence electrons. The number of hydrogen-bond acceptors (Lipinski definition) is 4. The summed E-state index contributed by atoms with van der Waals surface area (Å²) in [5, 5.41) is 13.5. The fourth-order valence-electron chi connectivity index (χ4n) is 1.08. The zero-order valence-electron chi connectivity index (χ0n) is 8.27. The lowest BCUT2D eigenvalue weighted by Gasteiger charge is -2.06. The Kier molecular flexibility index (Phi) is 4.07. The van der Waals surface area contributed by atoms with E-state index in [-0.39, 0.29) is 17.1 Å². The molecule has 0 unspecified atom stereocenters. The summed E-state index contributed by atoms with van der Waals surface area (Å²) in [6.45, 7) is 0.340. The van der Waals surface area contributed by atoms with E-state index in [9.17, 15) is 14.9 Å². The number of halogens is 1. The third-order valence-electron chi connectivity index (χ3n) is 1.85. The summed E-state index contributed by atoms with van der Waals surface area (Å²) in [7, 11) is 0. The van der Waals surface area contributed by atoms with Crippen molar-refractivity contribution in [2.45, 2.75) is 6.42 Å². The van der Waals surface area contributed by atoms with E-state index < -0.39 is 10.8 Å². The molecule has 0 bridgehead atoms. The van der Waals surface area contributed by atoms with E-state index in [2.05, 4.69) is 5.32 Å². The predicted molar refractivity (Wildman–Crippen MR) is 60.4 cm³/mol. The van der Waals surface area contributed by atoms with Crippen molar-refractivity contribution in [2.75, 3.05) is 11.9 Å². The zero-order valence-corrected chi connectivity index (χ0v) is 9.03. The number of nitrogens with two attached hydrogens (primary N) is 1. The SMILES string of the molecule is NC(=O)CCNc1ccc([N+](=O)[O-])cc1Cl. The van der Waals surface area contributed by atoms with E-state index in [4.69, 9.17) is 17.3 Å². The van der Waals surface area contributed by atoms with Crippen LogP contribution in [0.1, 0.15) is 6.42 Å². The van der Waals surface area contributed by atoms with Gasteiger partial charge < -0.3 is 11.1 Å². The molecule has 0 atom stereocenters. The number of anilines is 1. The molecule has 1 aromatic rings. The van der Waals surface area contributed by atoms with Crippen LogP contribution in [-0.2, 0) is 4.79 Å². The van der Waals surface area contributed by atoms with Gasteiger partial charge >= 0.3 is 0 Å². The third kappa shape index (κ3) is 3.39. The minimum Gasteiger partial charge on any atom is -0.383 e. The van der Waals surface area contributed by atoms with Crippen molar-refractivity contribution in [1.82, 2.24) is 0 Å². The van der Waals surface area contributed by atoms with Gasteiger partial charge in [-0.2, -0.15) is 0 Å². The fourth-order valence-corrected chi connectivity index (χ4v) is 1.32. The van der Waals surface area contributed by atoms with Crippen molar-refractivity contribution in [2.24, 2.45) is 5.73 Å². The predicted octanol–water partition coefficient (Wildman–Crippen LogP) is 1.54. The molecule has 1 aromatic carbocycles. The van der Waals surface area contributed by atoms with E-state index in [1.54, 1.807) is 0 Å². The second-order valence-corrected chi connectivity index (χ2v) is 3.47. The number of nitrogens with zero attached hydrogens (tertiary/aromatic N) is 1. The first-order chi connectivity index (χ1) is 7.50. The summed E-state index contributed by atoms with van der Waals surface area (Å²) >= 11 is 5.81. The van der Waals surface area contributed by atoms with Crippen molar-refractivity contribution in [3.8, 4) is 0 Å². The number of carbonyl (C=O) groups excluding carboxylic acids is 1. The van der Waals surface area contributed by atoms with E-state index in [0.717, 1.165) is 0 Å². The molecule has 1 rings (SSSR count). The monoisotopic (exact) mass is 243 g/mol. The molecule has 16 heavy (non-hydrogen) atoms. The van der Waals surface area contributed by atoms with Gasteiger partial charge in [0.1, 0.15) is 0 Å². The van der Waals surface area contributed by atoms with Crippen LogP contribution in [0.4, 0.5) is 11.4 Å². The normalized spacial score (nSPS) is 9.81. The molecular weight excluding hydrogens is 234 g/mol. The molecule has 0 aliphatic heterocycles. The van der Waals surface area contributed by atoms with Gasteiger partial charge in [-0.3, -0.25) is 14.9 Å². The van der Waals surface area contributed by atoms with Crippen LogP contribution in [0.25, 0.3) is 0 Å². The Morgan fingerprint density at radius 3 is 2.75 bits per heavy atom. The van der Waals surface area contributed by atoms with Crippen LogP contribution in [0.5, 0.6) is 0 Å². The highest BCUT2D eigenvalue weighted by Crippen LogP contribution is 2.26. The average Bonchev–Trinajstić information content (AvgIpc) is 2.19. The van der Waals surface area contributed by atoms with Crippen molar-refractivity contribution in [3.05, 3.63) is 33.3 Å². The second kappa shape index (κ2) is 5.32. The molecule has 3 N–H and O–H groups in total. The number of benzene rings is 1. The summed E-state index contributed by atoms with van der Waals surface area (Å²) in [6, 6.07) is 4.06. The first-order valence-electron chi connectivity index (χ1n) is 4.47. The van der Waals surface area contributed by atoms with Gasteiger partial charge in [-0.05, 0) is 6.07 Å². The summed E-state index contributed by atoms with van der Waals surface area (Å²) < 4.78 is 0. The van der Waals surface area contributed by atoms with Gasteiger partial charge in [0.05, 0.1) is 15.6 Å². The van der Waals surface area contributed by atoms with Gasteiger partial charge in [-0.15, -0.1) is 0 Å². The zero-order chi connectivity index (χ0) is 12.1. The molecule has 1 amide bonds. The van der Waals surface area contributed by atoms with Crippen LogP contribution < -0.4 is 11.1 Å². The highest BCUT2D eigenvalue weighted by atomic mass is 35.5. The molecule has 0 radical (unpaired) electrons. The van der Waals surface area contributed by atoms with Gasteiger partial charge in [0.25, 0.3) is 5.69 Å². The second-order valence-electron chi connectivity index (χ2n) is 3.06. The first-order valence-corrected chi connectivity index (χ1v) is 4.84. The number of nitro groups is 1. The van der Waals surface area contributed by atoms with E-state index in [1.165, 1.54) is 18.2 Å². The molecule has 0 fully saturated rings. The Bertz CT molecular complexity index is 422. The smallest absolute Gasteiger partial charge is 0.271 e. The maximum absolute atomic E-state index is 10.5. The molecule has 0 saturated heterocycles. The van der Waals surface area contributed by atoms with Crippen molar-refractivity contribution in [1.29, 1.82) is 0 Å². The molecule has 0 spiro atoms. The minimum atomic E-state index is -0.529. The maximum Gasteiger partial charge on any atom is 0.271 e. The van der Waals surface area contributed by atoms with Crippen LogP contribution in [0.2, 0.25) is 5.02 Å². The number of primary amides is 1. The number of nitro benzene ring substituents is 1. The minimum absolute atomic E-state index is 0.0783. The highest BCUT2D eigenvalue weighted by Gasteiger charge is 2.08. The molecule has 0 heterocycles. The Morgan fingerprint density at radius 1 is 1.56 bits per heavy atom. The van der Waals surface area contributed by atoms with Gasteiger partial charge in [0.15, 0.2) is 0 Å². The van der Waals surface area contributed by atoms with E-state index in [1.807, 2.05) is 0 Å². The number of amides is 1. The van der Waals surface area contributed by atoms with Crippen LogP contribution in [0, 0.1) is 10.1 Å². The molecule has 0 aromatic heterocycles. The van der Waals surface area contributed by atoms with Crippen LogP contribution in [0.15, 0.2) is 18.2 Å². The fraction of sp³-hybridized carbons (Fsp3) is 0.222. The lowest BCUT2D eigenvalue weighted by Crippen LogP contribution is -2.15. The van der Waals surface area contributed by atoms with E-state index >= 15 is 0 Å². The van der Waals surface area contributed by atoms with E-state index in [0.29, 0.717) is 12.2 Å². The Hall–Kier alpha value is -1.82. The summed E-state index contributed by atoms with van der Waals surface area (Å²) in [4.78, 5) is 20.4. The van der Waals surface area contributed by atoms with Crippen molar-refractivity contribution < 1.29 is 9.72 Å². The molecule has 0 aliphatic carbocycles. The largest absolute Gasteiger partial charge is 0.383 e. The topological polar surface area (TPSA) is 98.3 Å².